The standard InChI is InChI=1S/C19H22N2O6/c1-12(2)8-17(23)20-15-6-4-14(5-7-15)16(22)10-26-19(24)11-25-18-9-13(3)27-21-18/h4-7,9,12H,8,10-11H2,1-3H3,(H,20,23). The number of aryl methyl sites for hydroxylation is 1. The molecule has 1 heterocycles. The molecule has 0 aliphatic rings. The lowest BCUT2D eigenvalue weighted by atomic mass is 10.1. The fourth-order valence-corrected chi connectivity index (χ4v) is 2.14. The minimum Gasteiger partial charge on any atom is -0.463 e. The third-order valence-electron chi connectivity index (χ3n) is 3.39. The van der Waals surface area contributed by atoms with E-state index in [1.807, 2.05) is 13.8 Å². The molecule has 27 heavy (non-hydrogen) atoms. The molecule has 8 heteroatoms. The van der Waals surface area contributed by atoms with E-state index in [0.29, 0.717) is 23.4 Å². The van der Waals surface area contributed by atoms with Gasteiger partial charge in [-0.1, -0.05) is 13.8 Å². The maximum absolute atomic E-state index is 12.1. The fraction of sp³-hybridized carbons (Fsp3) is 0.368. The van der Waals surface area contributed by atoms with Gasteiger partial charge in [0.25, 0.3) is 5.88 Å². The van der Waals surface area contributed by atoms with Crippen molar-refractivity contribution in [2.24, 2.45) is 5.92 Å². The normalized spacial score (nSPS) is 10.5. The first-order chi connectivity index (χ1) is 12.8. The van der Waals surface area contributed by atoms with Crippen molar-refractivity contribution in [1.29, 1.82) is 0 Å². The summed E-state index contributed by atoms with van der Waals surface area (Å²) in [7, 11) is 0. The average molecular weight is 374 g/mol. The zero-order valence-electron chi connectivity index (χ0n) is 15.5. The number of rotatable bonds is 9. The highest BCUT2D eigenvalue weighted by molar-refractivity contribution is 5.98. The van der Waals surface area contributed by atoms with Crippen LogP contribution in [-0.4, -0.2) is 36.0 Å². The highest BCUT2D eigenvalue weighted by Gasteiger charge is 2.12. The summed E-state index contributed by atoms with van der Waals surface area (Å²) in [5.41, 5.74) is 0.975. The van der Waals surface area contributed by atoms with Crippen LogP contribution in [0.4, 0.5) is 5.69 Å². The Kier molecular flexibility index (Phi) is 7.10. The van der Waals surface area contributed by atoms with E-state index in [-0.39, 0.29) is 30.1 Å². The maximum Gasteiger partial charge on any atom is 0.344 e. The van der Waals surface area contributed by atoms with Gasteiger partial charge in [0.05, 0.1) is 0 Å². The Morgan fingerprint density at radius 1 is 1.15 bits per heavy atom. The lowest BCUT2D eigenvalue weighted by Gasteiger charge is -2.08. The van der Waals surface area contributed by atoms with Crippen LogP contribution in [0.1, 0.15) is 36.4 Å². The van der Waals surface area contributed by atoms with Crippen LogP contribution >= 0.6 is 0 Å². The number of ketones is 1. The Bertz CT molecular complexity index is 795. The summed E-state index contributed by atoms with van der Waals surface area (Å²) in [6, 6.07) is 7.91. The molecule has 0 spiro atoms. The van der Waals surface area contributed by atoms with Gasteiger partial charge in [0.2, 0.25) is 5.91 Å². The third kappa shape index (κ3) is 6.93. The topological polar surface area (TPSA) is 108 Å². The molecule has 2 aromatic rings. The van der Waals surface area contributed by atoms with Crippen molar-refractivity contribution in [2.75, 3.05) is 18.5 Å². The number of hydrogen-bond acceptors (Lipinski definition) is 7. The van der Waals surface area contributed by atoms with Crippen LogP contribution in [0.25, 0.3) is 0 Å². The lowest BCUT2D eigenvalue weighted by Crippen LogP contribution is -2.19. The summed E-state index contributed by atoms with van der Waals surface area (Å²) < 4.78 is 14.8. The van der Waals surface area contributed by atoms with Crippen molar-refractivity contribution in [3.63, 3.8) is 0 Å². The summed E-state index contributed by atoms with van der Waals surface area (Å²) in [5, 5.41) is 6.33. The van der Waals surface area contributed by atoms with Gasteiger partial charge < -0.3 is 19.3 Å². The second-order valence-electron chi connectivity index (χ2n) is 6.37. The fourth-order valence-electron chi connectivity index (χ4n) is 2.14. The van der Waals surface area contributed by atoms with Crippen LogP contribution in [0.3, 0.4) is 0 Å². The van der Waals surface area contributed by atoms with Crippen LogP contribution in [-0.2, 0) is 14.3 Å². The summed E-state index contributed by atoms with van der Waals surface area (Å²) >= 11 is 0. The number of benzene rings is 1. The monoisotopic (exact) mass is 374 g/mol. The van der Waals surface area contributed by atoms with Gasteiger partial charge in [-0.15, -0.1) is 0 Å². The molecule has 0 atom stereocenters. The highest BCUT2D eigenvalue weighted by atomic mass is 16.6. The molecule has 1 aromatic carbocycles. The SMILES string of the molecule is Cc1cc(OCC(=O)OCC(=O)c2ccc(NC(=O)CC(C)C)cc2)no1. The Balaban J connectivity index is 1.76. The summed E-state index contributed by atoms with van der Waals surface area (Å²) in [5.74, 6) is -0.149. The largest absolute Gasteiger partial charge is 0.463 e. The van der Waals surface area contributed by atoms with Crippen molar-refractivity contribution in [3.05, 3.63) is 41.7 Å². The van der Waals surface area contributed by atoms with Crippen molar-refractivity contribution >= 4 is 23.3 Å². The lowest BCUT2D eigenvalue weighted by molar-refractivity contribution is -0.144. The molecule has 0 aliphatic carbocycles. The second-order valence-corrected chi connectivity index (χ2v) is 6.37. The molecular formula is C19H22N2O6. The molecule has 1 aromatic heterocycles. The van der Waals surface area contributed by atoms with E-state index in [1.165, 1.54) is 6.07 Å². The first kappa shape index (κ1) is 20.2. The van der Waals surface area contributed by atoms with E-state index < -0.39 is 12.6 Å². The quantitative estimate of drug-likeness (QED) is 0.531. The zero-order valence-corrected chi connectivity index (χ0v) is 15.5. The van der Waals surface area contributed by atoms with Crippen LogP contribution < -0.4 is 10.1 Å². The number of carbonyl (C=O) groups is 3. The van der Waals surface area contributed by atoms with Crippen LogP contribution in [0.2, 0.25) is 0 Å². The van der Waals surface area contributed by atoms with Gasteiger partial charge in [-0.3, -0.25) is 9.59 Å². The minimum atomic E-state index is -0.693. The Morgan fingerprint density at radius 2 is 1.85 bits per heavy atom. The number of nitrogens with zero attached hydrogens (tertiary/aromatic N) is 1. The third-order valence-corrected chi connectivity index (χ3v) is 3.39. The van der Waals surface area contributed by atoms with E-state index in [9.17, 15) is 14.4 Å². The predicted octanol–water partition coefficient (Wildman–Crippen LogP) is 2.77. The molecular weight excluding hydrogens is 352 g/mol. The van der Waals surface area contributed by atoms with Crippen LogP contribution in [0.15, 0.2) is 34.9 Å². The van der Waals surface area contributed by atoms with Crippen molar-refractivity contribution in [1.82, 2.24) is 5.16 Å². The van der Waals surface area contributed by atoms with Crippen molar-refractivity contribution in [2.45, 2.75) is 27.2 Å². The first-order valence-electron chi connectivity index (χ1n) is 8.48. The number of ether oxygens (including phenoxy) is 2. The van der Waals surface area contributed by atoms with Crippen molar-refractivity contribution < 1.29 is 28.4 Å². The number of anilines is 1. The average Bonchev–Trinajstić information content (AvgIpc) is 3.03. The number of Topliss-reactive ketones (excluding diaryl/α,β-unsaturated/α-hetero) is 1. The zero-order chi connectivity index (χ0) is 19.8. The molecule has 144 valence electrons. The summed E-state index contributed by atoms with van der Waals surface area (Å²) in [4.78, 5) is 35.4. The minimum absolute atomic E-state index is 0.0830. The molecule has 8 nitrogen and oxygen atoms in total. The van der Waals surface area contributed by atoms with Crippen LogP contribution in [0, 0.1) is 12.8 Å². The molecule has 0 saturated heterocycles. The molecule has 0 fully saturated rings. The van der Waals surface area contributed by atoms with E-state index in [4.69, 9.17) is 14.0 Å². The number of carbonyl (C=O) groups excluding carboxylic acids is 3. The predicted molar refractivity (Wildman–Crippen MR) is 96.6 cm³/mol. The molecule has 0 unspecified atom stereocenters. The van der Waals surface area contributed by atoms with Gasteiger partial charge in [0.1, 0.15) is 5.76 Å². The Morgan fingerprint density at radius 3 is 2.44 bits per heavy atom. The highest BCUT2D eigenvalue weighted by Crippen LogP contribution is 2.12. The smallest absolute Gasteiger partial charge is 0.344 e. The van der Waals surface area contributed by atoms with Gasteiger partial charge in [-0.2, -0.15) is 0 Å². The molecule has 0 radical (unpaired) electrons. The van der Waals surface area contributed by atoms with Gasteiger partial charge in [0, 0.05) is 23.7 Å². The number of aromatic nitrogens is 1. The second kappa shape index (κ2) is 9.51. The number of esters is 1. The number of amides is 1. The van der Waals surface area contributed by atoms with Gasteiger partial charge >= 0.3 is 5.97 Å². The molecule has 1 amide bonds. The molecule has 2 rings (SSSR count). The van der Waals surface area contributed by atoms with Gasteiger partial charge in [-0.05, 0) is 42.3 Å². The van der Waals surface area contributed by atoms with Crippen molar-refractivity contribution in [3.8, 4) is 5.88 Å². The molecule has 1 N–H and O–H groups in total. The van der Waals surface area contributed by atoms with Gasteiger partial charge in [-0.25, -0.2) is 4.79 Å². The Hall–Kier alpha value is -3.16. The molecule has 0 saturated carbocycles. The van der Waals surface area contributed by atoms with E-state index in [1.54, 1.807) is 31.2 Å². The summed E-state index contributed by atoms with van der Waals surface area (Å²) in [6.07, 6.45) is 0.423. The van der Waals surface area contributed by atoms with Gasteiger partial charge in [0.15, 0.2) is 19.0 Å². The maximum atomic E-state index is 12.1. The van der Waals surface area contributed by atoms with E-state index >= 15 is 0 Å². The number of nitrogens with one attached hydrogen (secondary N) is 1. The first-order valence-corrected chi connectivity index (χ1v) is 8.48. The summed E-state index contributed by atoms with van der Waals surface area (Å²) in [6.45, 7) is 4.83. The molecule has 0 bridgehead atoms. The Labute approximate surface area is 156 Å². The van der Waals surface area contributed by atoms with E-state index in [2.05, 4.69) is 10.5 Å². The number of hydrogen-bond donors (Lipinski definition) is 1. The van der Waals surface area contributed by atoms with E-state index in [0.717, 1.165) is 0 Å². The van der Waals surface area contributed by atoms with Crippen LogP contribution in [0.5, 0.6) is 5.88 Å². The molecule has 0 aliphatic heterocycles.